The third kappa shape index (κ3) is 4.13. The standard InChI is InChI=1S/C17H20O4/c1-13(18)14-7-3-4-8-15(14)20-11-12-21-17-10-6-5-9-16(17)19-2/h3-10,13,18H,11-12H2,1-2H3/t13-/m0/s1. The molecule has 0 aromatic heterocycles. The number of hydrogen-bond acceptors (Lipinski definition) is 4. The minimum Gasteiger partial charge on any atom is -0.493 e. The molecule has 0 saturated carbocycles. The van der Waals surface area contributed by atoms with Crippen LogP contribution in [0.15, 0.2) is 48.5 Å². The van der Waals surface area contributed by atoms with Crippen LogP contribution in [0.3, 0.4) is 0 Å². The van der Waals surface area contributed by atoms with E-state index in [9.17, 15) is 5.11 Å². The first-order valence-electron chi connectivity index (χ1n) is 6.88. The van der Waals surface area contributed by atoms with Crippen molar-refractivity contribution in [2.45, 2.75) is 13.0 Å². The van der Waals surface area contributed by atoms with Crippen LogP contribution in [0.5, 0.6) is 17.2 Å². The Bertz CT molecular complexity index is 566. The highest BCUT2D eigenvalue weighted by molar-refractivity contribution is 5.39. The Morgan fingerprint density at radius 1 is 0.857 bits per heavy atom. The van der Waals surface area contributed by atoms with Gasteiger partial charge in [-0.15, -0.1) is 0 Å². The maximum absolute atomic E-state index is 9.68. The second-order valence-electron chi connectivity index (χ2n) is 4.56. The van der Waals surface area contributed by atoms with Gasteiger partial charge < -0.3 is 19.3 Å². The summed E-state index contributed by atoms with van der Waals surface area (Å²) in [6.07, 6.45) is -0.559. The van der Waals surface area contributed by atoms with Crippen molar-refractivity contribution in [2.75, 3.05) is 20.3 Å². The van der Waals surface area contributed by atoms with Gasteiger partial charge >= 0.3 is 0 Å². The van der Waals surface area contributed by atoms with Crippen LogP contribution in [0.2, 0.25) is 0 Å². The fourth-order valence-corrected chi connectivity index (χ4v) is 2.00. The van der Waals surface area contributed by atoms with Gasteiger partial charge in [0.05, 0.1) is 13.2 Å². The Morgan fingerprint density at radius 3 is 2.00 bits per heavy atom. The van der Waals surface area contributed by atoms with E-state index in [1.807, 2.05) is 48.5 Å². The summed E-state index contributed by atoms with van der Waals surface area (Å²) in [4.78, 5) is 0. The molecule has 4 heteroatoms. The lowest BCUT2D eigenvalue weighted by Crippen LogP contribution is -2.11. The molecule has 0 heterocycles. The SMILES string of the molecule is COc1ccccc1OCCOc1ccccc1[C@H](C)O. The van der Waals surface area contributed by atoms with Gasteiger partial charge in [0, 0.05) is 5.56 Å². The molecule has 0 aliphatic rings. The molecule has 0 radical (unpaired) electrons. The zero-order chi connectivity index (χ0) is 15.1. The van der Waals surface area contributed by atoms with Gasteiger partial charge in [-0.3, -0.25) is 0 Å². The molecule has 21 heavy (non-hydrogen) atoms. The molecule has 2 aromatic carbocycles. The highest BCUT2D eigenvalue weighted by Crippen LogP contribution is 2.26. The van der Waals surface area contributed by atoms with E-state index in [4.69, 9.17) is 14.2 Å². The monoisotopic (exact) mass is 288 g/mol. The van der Waals surface area contributed by atoms with Crippen molar-refractivity contribution >= 4 is 0 Å². The minimum absolute atomic E-state index is 0.391. The van der Waals surface area contributed by atoms with Crippen molar-refractivity contribution in [3.05, 3.63) is 54.1 Å². The smallest absolute Gasteiger partial charge is 0.161 e. The number of aliphatic hydroxyl groups is 1. The average Bonchev–Trinajstić information content (AvgIpc) is 2.52. The first-order valence-corrected chi connectivity index (χ1v) is 6.88. The first-order chi connectivity index (χ1) is 10.2. The Labute approximate surface area is 124 Å². The van der Waals surface area contributed by atoms with E-state index < -0.39 is 6.10 Å². The third-order valence-corrected chi connectivity index (χ3v) is 3.04. The summed E-state index contributed by atoms with van der Waals surface area (Å²) in [7, 11) is 1.61. The van der Waals surface area contributed by atoms with Gasteiger partial charge in [-0.25, -0.2) is 0 Å². The topological polar surface area (TPSA) is 47.9 Å². The molecule has 0 spiro atoms. The summed E-state index contributed by atoms with van der Waals surface area (Å²) in [5.74, 6) is 2.06. The van der Waals surface area contributed by atoms with Gasteiger partial charge in [0.2, 0.25) is 0 Å². The summed E-state index contributed by atoms with van der Waals surface area (Å²) in [5.41, 5.74) is 0.773. The van der Waals surface area contributed by atoms with Crippen LogP contribution in [0.4, 0.5) is 0 Å². The lowest BCUT2D eigenvalue weighted by molar-refractivity contribution is 0.181. The predicted molar refractivity (Wildman–Crippen MR) is 81.1 cm³/mol. The number of rotatable bonds is 7. The Kier molecular flexibility index (Phi) is 5.46. The molecular weight excluding hydrogens is 268 g/mol. The lowest BCUT2D eigenvalue weighted by atomic mass is 10.1. The molecule has 1 atom stereocenters. The van der Waals surface area contributed by atoms with E-state index in [0.29, 0.717) is 30.5 Å². The van der Waals surface area contributed by atoms with Crippen molar-refractivity contribution in [3.8, 4) is 17.2 Å². The maximum atomic E-state index is 9.68. The minimum atomic E-state index is -0.559. The summed E-state index contributed by atoms with van der Waals surface area (Å²) < 4.78 is 16.5. The first kappa shape index (κ1) is 15.2. The molecule has 4 nitrogen and oxygen atoms in total. The van der Waals surface area contributed by atoms with Crippen LogP contribution in [0.1, 0.15) is 18.6 Å². The molecule has 0 aliphatic heterocycles. The predicted octanol–water partition coefficient (Wildman–Crippen LogP) is 3.21. The number of aliphatic hydroxyl groups excluding tert-OH is 1. The Morgan fingerprint density at radius 2 is 1.38 bits per heavy atom. The largest absolute Gasteiger partial charge is 0.493 e. The van der Waals surface area contributed by atoms with Crippen molar-refractivity contribution in [1.29, 1.82) is 0 Å². The average molecular weight is 288 g/mol. The highest BCUT2D eigenvalue weighted by Gasteiger charge is 2.08. The summed E-state index contributed by atoms with van der Waals surface area (Å²) >= 11 is 0. The van der Waals surface area contributed by atoms with Crippen LogP contribution < -0.4 is 14.2 Å². The van der Waals surface area contributed by atoms with Crippen LogP contribution in [-0.4, -0.2) is 25.4 Å². The van der Waals surface area contributed by atoms with Crippen molar-refractivity contribution in [3.63, 3.8) is 0 Å². The second kappa shape index (κ2) is 7.55. The normalized spacial score (nSPS) is 11.8. The van der Waals surface area contributed by atoms with E-state index in [2.05, 4.69) is 0 Å². The number of para-hydroxylation sites is 3. The van der Waals surface area contributed by atoms with Crippen molar-refractivity contribution in [1.82, 2.24) is 0 Å². The van der Waals surface area contributed by atoms with Gasteiger partial charge in [-0.05, 0) is 25.1 Å². The number of methoxy groups -OCH3 is 1. The molecule has 0 bridgehead atoms. The lowest BCUT2D eigenvalue weighted by Gasteiger charge is -2.14. The molecule has 2 rings (SSSR count). The highest BCUT2D eigenvalue weighted by atomic mass is 16.5. The number of benzene rings is 2. The zero-order valence-corrected chi connectivity index (χ0v) is 12.3. The molecule has 0 aliphatic carbocycles. The quantitative estimate of drug-likeness (QED) is 0.795. The summed E-state index contributed by atoms with van der Waals surface area (Å²) in [6.45, 7) is 2.50. The Hall–Kier alpha value is -2.20. The zero-order valence-electron chi connectivity index (χ0n) is 12.3. The molecule has 112 valence electrons. The fraction of sp³-hybridized carbons (Fsp3) is 0.294. The van der Waals surface area contributed by atoms with E-state index in [1.54, 1.807) is 14.0 Å². The van der Waals surface area contributed by atoms with Crippen molar-refractivity contribution in [2.24, 2.45) is 0 Å². The molecule has 2 aromatic rings. The molecule has 0 unspecified atom stereocenters. The van der Waals surface area contributed by atoms with Crippen LogP contribution in [0, 0.1) is 0 Å². The third-order valence-electron chi connectivity index (χ3n) is 3.04. The molecular formula is C17H20O4. The molecule has 1 N–H and O–H groups in total. The van der Waals surface area contributed by atoms with Gasteiger partial charge in [-0.2, -0.15) is 0 Å². The van der Waals surface area contributed by atoms with E-state index in [-0.39, 0.29) is 0 Å². The van der Waals surface area contributed by atoms with Crippen molar-refractivity contribution < 1.29 is 19.3 Å². The van der Waals surface area contributed by atoms with Crippen LogP contribution in [-0.2, 0) is 0 Å². The fourth-order valence-electron chi connectivity index (χ4n) is 2.00. The number of ether oxygens (including phenoxy) is 3. The second-order valence-corrected chi connectivity index (χ2v) is 4.56. The van der Waals surface area contributed by atoms with Gasteiger partial charge in [0.1, 0.15) is 19.0 Å². The van der Waals surface area contributed by atoms with E-state index >= 15 is 0 Å². The van der Waals surface area contributed by atoms with Gasteiger partial charge in [-0.1, -0.05) is 30.3 Å². The van der Waals surface area contributed by atoms with Crippen LogP contribution >= 0.6 is 0 Å². The van der Waals surface area contributed by atoms with Crippen LogP contribution in [0.25, 0.3) is 0 Å². The van der Waals surface area contributed by atoms with E-state index in [0.717, 1.165) is 5.56 Å². The molecule has 0 amide bonds. The molecule has 0 fully saturated rings. The summed E-state index contributed by atoms with van der Waals surface area (Å²) in [6, 6.07) is 14.9. The van der Waals surface area contributed by atoms with Gasteiger partial charge in [0.25, 0.3) is 0 Å². The summed E-state index contributed by atoms with van der Waals surface area (Å²) in [5, 5.41) is 9.68. The number of hydrogen-bond donors (Lipinski definition) is 1. The Balaban J connectivity index is 1.88. The van der Waals surface area contributed by atoms with Gasteiger partial charge in [0.15, 0.2) is 11.5 Å². The maximum Gasteiger partial charge on any atom is 0.161 e. The van der Waals surface area contributed by atoms with E-state index in [1.165, 1.54) is 0 Å². The molecule has 0 saturated heterocycles.